The maximum Gasteiger partial charge on any atom is 0.0436 e. The molecular formula is C14H19Br2NO. The van der Waals surface area contributed by atoms with Crippen molar-refractivity contribution >= 4 is 31.9 Å². The van der Waals surface area contributed by atoms with E-state index >= 15 is 0 Å². The van der Waals surface area contributed by atoms with Crippen LogP contribution in [0, 0.1) is 5.41 Å². The van der Waals surface area contributed by atoms with Gasteiger partial charge >= 0.3 is 0 Å². The molecule has 2 nitrogen and oxygen atoms in total. The lowest BCUT2D eigenvalue weighted by Gasteiger charge is -2.20. The second kappa shape index (κ2) is 6.04. The Morgan fingerprint density at radius 3 is 2.67 bits per heavy atom. The van der Waals surface area contributed by atoms with Gasteiger partial charge < -0.3 is 10.4 Å². The average molecular weight is 377 g/mol. The van der Waals surface area contributed by atoms with E-state index in [2.05, 4.69) is 62.3 Å². The maximum absolute atomic E-state index is 9.06. The van der Waals surface area contributed by atoms with E-state index in [-0.39, 0.29) is 0 Å². The SMILES string of the molecule is CC(NCC1(CCO)CC1)c1ccc(Br)cc1Br. The summed E-state index contributed by atoms with van der Waals surface area (Å²) in [7, 11) is 0. The molecule has 1 unspecified atom stereocenters. The molecule has 1 saturated carbocycles. The third-order valence-corrected chi connectivity index (χ3v) is 4.99. The highest BCUT2D eigenvalue weighted by atomic mass is 79.9. The molecule has 0 radical (unpaired) electrons. The summed E-state index contributed by atoms with van der Waals surface area (Å²) in [6.45, 7) is 3.48. The Bertz CT molecular complexity index is 418. The number of aliphatic hydroxyl groups excluding tert-OH is 1. The maximum atomic E-state index is 9.06. The summed E-state index contributed by atoms with van der Waals surface area (Å²) in [6, 6.07) is 6.61. The lowest BCUT2D eigenvalue weighted by molar-refractivity contribution is 0.243. The lowest BCUT2D eigenvalue weighted by Crippen LogP contribution is -2.27. The van der Waals surface area contributed by atoms with Gasteiger partial charge in [0, 0.05) is 28.1 Å². The van der Waals surface area contributed by atoms with E-state index in [0.29, 0.717) is 18.1 Å². The van der Waals surface area contributed by atoms with Crippen LogP contribution in [-0.2, 0) is 0 Å². The van der Waals surface area contributed by atoms with Gasteiger partial charge in [0.25, 0.3) is 0 Å². The molecular weight excluding hydrogens is 358 g/mol. The van der Waals surface area contributed by atoms with Crippen LogP contribution in [0.1, 0.15) is 37.8 Å². The van der Waals surface area contributed by atoms with Crippen LogP contribution in [0.3, 0.4) is 0 Å². The molecule has 0 aliphatic heterocycles. The molecule has 1 aromatic rings. The Balaban J connectivity index is 1.93. The van der Waals surface area contributed by atoms with Crippen molar-refractivity contribution in [2.24, 2.45) is 5.41 Å². The van der Waals surface area contributed by atoms with E-state index in [4.69, 9.17) is 5.11 Å². The Hall–Kier alpha value is 0.1000. The minimum atomic E-state index is 0.304. The molecule has 100 valence electrons. The number of aliphatic hydroxyl groups is 1. The lowest BCUT2D eigenvalue weighted by atomic mass is 10.0. The molecule has 1 fully saturated rings. The molecule has 0 spiro atoms. The molecule has 0 amide bonds. The zero-order chi connectivity index (χ0) is 13.2. The normalized spacial score (nSPS) is 18.7. The van der Waals surface area contributed by atoms with Crippen LogP contribution in [0.25, 0.3) is 0 Å². The van der Waals surface area contributed by atoms with E-state index in [1.807, 2.05) is 0 Å². The summed E-state index contributed by atoms with van der Waals surface area (Å²) in [6.07, 6.45) is 3.41. The van der Waals surface area contributed by atoms with Crippen molar-refractivity contribution in [2.75, 3.05) is 13.2 Å². The molecule has 1 aliphatic carbocycles. The summed E-state index contributed by atoms with van der Waals surface area (Å²) in [5, 5.41) is 12.6. The highest BCUT2D eigenvalue weighted by molar-refractivity contribution is 9.11. The molecule has 4 heteroatoms. The second-order valence-corrected chi connectivity index (χ2v) is 7.01. The molecule has 0 heterocycles. The Labute approximate surface area is 125 Å². The highest BCUT2D eigenvalue weighted by Crippen LogP contribution is 2.48. The number of benzene rings is 1. The molecule has 1 aromatic carbocycles. The van der Waals surface area contributed by atoms with Crippen molar-refractivity contribution in [1.82, 2.24) is 5.32 Å². The summed E-state index contributed by atoms with van der Waals surface area (Å²) in [5.41, 5.74) is 1.64. The van der Waals surface area contributed by atoms with Gasteiger partial charge in [0.2, 0.25) is 0 Å². The van der Waals surface area contributed by atoms with E-state index in [9.17, 15) is 0 Å². The third-order valence-electron chi connectivity index (χ3n) is 3.81. The quantitative estimate of drug-likeness (QED) is 0.785. The van der Waals surface area contributed by atoms with Gasteiger partial charge in [-0.15, -0.1) is 0 Å². The molecule has 1 aliphatic rings. The van der Waals surface area contributed by atoms with E-state index in [1.165, 1.54) is 18.4 Å². The summed E-state index contributed by atoms with van der Waals surface area (Å²) < 4.78 is 2.22. The monoisotopic (exact) mass is 375 g/mol. The van der Waals surface area contributed by atoms with Gasteiger partial charge in [0.05, 0.1) is 0 Å². The first-order chi connectivity index (χ1) is 8.56. The molecule has 2 rings (SSSR count). The van der Waals surface area contributed by atoms with Gasteiger partial charge in [-0.1, -0.05) is 37.9 Å². The highest BCUT2D eigenvalue weighted by Gasteiger charge is 2.41. The van der Waals surface area contributed by atoms with Crippen LogP contribution in [0.5, 0.6) is 0 Å². The van der Waals surface area contributed by atoms with Gasteiger partial charge in [-0.2, -0.15) is 0 Å². The number of hydrogen-bond acceptors (Lipinski definition) is 2. The van der Waals surface area contributed by atoms with Gasteiger partial charge in [-0.25, -0.2) is 0 Å². The number of rotatable bonds is 6. The van der Waals surface area contributed by atoms with Gasteiger partial charge in [0.1, 0.15) is 0 Å². The molecule has 1 atom stereocenters. The third kappa shape index (κ3) is 3.56. The first kappa shape index (κ1) is 14.5. The van der Waals surface area contributed by atoms with Crippen LogP contribution in [0.2, 0.25) is 0 Å². The van der Waals surface area contributed by atoms with Crippen LogP contribution >= 0.6 is 31.9 Å². The number of hydrogen-bond donors (Lipinski definition) is 2. The summed E-state index contributed by atoms with van der Waals surface area (Å²) >= 11 is 7.07. The first-order valence-electron chi connectivity index (χ1n) is 6.35. The Kier molecular flexibility index (Phi) is 4.86. The Morgan fingerprint density at radius 2 is 2.11 bits per heavy atom. The largest absolute Gasteiger partial charge is 0.396 e. The predicted molar refractivity (Wildman–Crippen MR) is 81.6 cm³/mol. The van der Waals surface area contributed by atoms with E-state index in [1.54, 1.807) is 0 Å². The predicted octanol–water partition coefficient (Wildman–Crippen LogP) is 4.02. The number of nitrogens with one attached hydrogen (secondary N) is 1. The number of halogens is 2. The second-order valence-electron chi connectivity index (χ2n) is 5.24. The standard InChI is InChI=1S/C14H19Br2NO/c1-10(12-3-2-11(15)8-13(12)16)17-9-14(4-5-14)6-7-18/h2-3,8,10,17-18H,4-7,9H2,1H3. The van der Waals surface area contributed by atoms with E-state index < -0.39 is 0 Å². The zero-order valence-electron chi connectivity index (χ0n) is 10.5. The minimum Gasteiger partial charge on any atom is -0.396 e. The molecule has 0 aromatic heterocycles. The fourth-order valence-electron chi connectivity index (χ4n) is 2.26. The van der Waals surface area contributed by atoms with Crippen molar-refractivity contribution in [3.05, 3.63) is 32.7 Å². The summed E-state index contributed by atoms with van der Waals surface area (Å²) in [4.78, 5) is 0. The smallest absolute Gasteiger partial charge is 0.0436 e. The minimum absolute atomic E-state index is 0.304. The zero-order valence-corrected chi connectivity index (χ0v) is 13.7. The topological polar surface area (TPSA) is 32.3 Å². The molecule has 0 bridgehead atoms. The fourth-order valence-corrected chi connectivity index (χ4v) is 3.65. The van der Waals surface area contributed by atoms with Crippen LogP contribution in [0.4, 0.5) is 0 Å². The molecule has 18 heavy (non-hydrogen) atoms. The van der Waals surface area contributed by atoms with E-state index in [0.717, 1.165) is 21.9 Å². The van der Waals surface area contributed by atoms with Crippen molar-refractivity contribution in [2.45, 2.75) is 32.2 Å². The first-order valence-corrected chi connectivity index (χ1v) is 7.94. The van der Waals surface area contributed by atoms with Crippen molar-refractivity contribution in [3.8, 4) is 0 Å². The Morgan fingerprint density at radius 1 is 1.39 bits per heavy atom. The molecule has 0 saturated heterocycles. The molecule has 2 N–H and O–H groups in total. The van der Waals surface area contributed by atoms with Gasteiger partial charge in [0.15, 0.2) is 0 Å². The van der Waals surface area contributed by atoms with Crippen LogP contribution in [-0.4, -0.2) is 18.3 Å². The fraction of sp³-hybridized carbons (Fsp3) is 0.571. The van der Waals surface area contributed by atoms with Gasteiger partial charge in [-0.3, -0.25) is 0 Å². The van der Waals surface area contributed by atoms with Crippen molar-refractivity contribution in [3.63, 3.8) is 0 Å². The summed E-state index contributed by atoms with van der Waals surface area (Å²) in [5.74, 6) is 0. The van der Waals surface area contributed by atoms with Crippen molar-refractivity contribution < 1.29 is 5.11 Å². The van der Waals surface area contributed by atoms with Crippen molar-refractivity contribution in [1.29, 1.82) is 0 Å². The van der Waals surface area contributed by atoms with Gasteiger partial charge in [-0.05, 0) is 49.3 Å². The van der Waals surface area contributed by atoms with Crippen LogP contribution in [0.15, 0.2) is 27.1 Å². The average Bonchev–Trinajstić information content (AvgIpc) is 3.07. The van der Waals surface area contributed by atoms with Crippen LogP contribution < -0.4 is 5.32 Å².